The van der Waals surface area contributed by atoms with Gasteiger partial charge in [-0.3, -0.25) is 4.98 Å². The van der Waals surface area contributed by atoms with Gasteiger partial charge in [-0.1, -0.05) is 40.5 Å². The number of hydrogen-bond acceptors (Lipinski definition) is 1. The molecule has 24 heavy (non-hydrogen) atoms. The monoisotopic (exact) mass is 327 g/mol. The van der Waals surface area contributed by atoms with Crippen LogP contribution in [-0.4, -0.2) is 4.98 Å². The highest BCUT2D eigenvalue weighted by atomic mass is 14.7. The summed E-state index contributed by atoms with van der Waals surface area (Å²) >= 11 is 0. The molecule has 134 valence electrons. The van der Waals surface area contributed by atoms with E-state index in [2.05, 4.69) is 41.5 Å². The van der Waals surface area contributed by atoms with Crippen molar-refractivity contribution in [3.05, 3.63) is 28.1 Å². The molecule has 1 heterocycles. The van der Waals surface area contributed by atoms with E-state index < -0.39 is 0 Å². The van der Waals surface area contributed by atoms with E-state index in [1.165, 1.54) is 61.9 Å². The molecule has 0 radical (unpaired) electrons. The number of aromatic nitrogens is 1. The lowest BCUT2D eigenvalue weighted by atomic mass is 9.73. The summed E-state index contributed by atoms with van der Waals surface area (Å²) in [6.45, 7) is 14.2. The molecule has 2 fully saturated rings. The number of hydrogen-bond donors (Lipinski definition) is 0. The third-order valence-corrected chi connectivity index (χ3v) is 7.79. The smallest absolute Gasteiger partial charge is 0.0444 e. The number of nitrogens with zero attached hydrogens (tertiary/aromatic N) is 1. The second-order valence-electron chi connectivity index (χ2n) is 8.70. The number of unbranched alkanes of at least 4 members (excludes halogenated alkanes) is 1. The topological polar surface area (TPSA) is 12.9 Å². The largest absolute Gasteiger partial charge is 0.258 e. The molecule has 0 saturated heterocycles. The number of rotatable bonds is 6. The molecule has 1 nitrogen and oxygen atoms in total. The van der Waals surface area contributed by atoms with Crippen molar-refractivity contribution in [3.63, 3.8) is 0 Å². The predicted octanol–water partition coefficient (Wildman–Crippen LogP) is 6.53. The Labute approximate surface area is 149 Å². The third-order valence-electron chi connectivity index (χ3n) is 7.79. The van der Waals surface area contributed by atoms with Crippen molar-refractivity contribution in [2.45, 2.75) is 98.8 Å². The van der Waals surface area contributed by atoms with Gasteiger partial charge in [0.15, 0.2) is 0 Å². The zero-order valence-electron chi connectivity index (χ0n) is 16.8. The van der Waals surface area contributed by atoms with Crippen molar-refractivity contribution >= 4 is 0 Å². The molecule has 2 aliphatic carbocycles. The minimum atomic E-state index is 0.580. The Kier molecular flexibility index (Phi) is 5.09. The van der Waals surface area contributed by atoms with Gasteiger partial charge in [0.25, 0.3) is 0 Å². The lowest BCUT2D eigenvalue weighted by Gasteiger charge is -2.32. The summed E-state index contributed by atoms with van der Waals surface area (Å²) in [5.41, 5.74) is 8.10. The van der Waals surface area contributed by atoms with Crippen LogP contribution in [0.15, 0.2) is 0 Å². The number of fused-ring (bicyclic) bond motifs is 2. The summed E-state index contributed by atoms with van der Waals surface area (Å²) in [6, 6.07) is 0. The van der Waals surface area contributed by atoms with E-state index in [0.29, 0.717) is 5.41 Å². The van der Waals surface area contributed by atoms with Gasteiger partial charge in [-0.2, -0.15) is 0 Å². The van der Waals surface area contributed by atoms with Gasteiger partial charge in [0.2, 0.25) is 0 Å². The van der Waals surface area contributed by atoms with Crippen molar-refractivity contribution in [2.75, 3.05) is 0 Å². The van der Waals surface area contributed by atoms with E-state index >= 15 is 0 Å². The zero-order chi connectivity index (χ0) is 17.5. The first-order chi connectivity index (χ1) is 11.5. The van der Waals surface area contributed by atoms with Gasteiger partial charge in [-0.05, 0) is 92.2 Å². The molecule has 4 unspecified atom stereocenters. The van der Waals surface area contributed by atoms with Crippen LogP contribution in [0.3, 0.4) is 0 Å². The second-order valence-corrected chi connectivity index (χ2v) is 8.70. The molecule has 3 rings (SSSR count). The average Bonchev–Trinajstić information content (AvgIpc) is 3.03. The van der Waals surface area contributed by atoms with Crippen LogP contribution in [0, 0.1) is 31.1 Å². The quantitative estimate of drug-likeness (QED) is 0.578. The highest BCUT2D eigenvalue weighted by Gasteiger charge is 2.55. The van der Waals surface area contributed by atoms with Crippen molar-refractivity contribution in [1.82, 2.24) is 4.98 Å². The Morgan fingerprint density at radius 3 is 2.46 bits per heavy atom. The molecule has 0 amide bonds. The summed E-state index contributed by atoms with van der Waals surface area (Å²) in [7, 11) is 0. The molecule has 2 saturated carbocycles. The first-order valence-corrected chi connectivity index (χ1v) is 10.5. The van der Waals surface area contributed by atoms with E-state index in [9.17, 15) is 0 Å². The Hall–Kier alpha value is -0.850. The Morgan fingerprint density at radius 2 is 1.88 bits per heavy atom. The molecule has 1 heteroatoms. The van der Waals surface area contributed by atoms with Gasteiger partial charge >= 0.3 is 0 Å². The molecule has 1 aromatic rings. The molecule has 2 bridgehead atoms. The van der Waals surface area contributed by atoms with Crippen LogP contribution in [-0.2, 0) is 12.8 Å². The molecule has 0 aromatic carbocycles. The molecule has 2 aliphatic rings. The Bertz CT molecular complexity index is 603. The van der Waals surface area contributed by atoms with Gasteiger partial charge in [0.05, 0.1) is 0 Å². The third kappa shape index (κ3) is 2.63. The SMILES string of the molecule is CCCCc1nc(C)c(CC)c(C)c1C1CC2CCC1C2(C)CC. The highest BCUT2D eigenvalue weighted by molar-refractivity contribution is 5.43. The van der Waals surface area contributed by atoms with Crippen LogP contribution in [0.1, 0.15) is 100 Å². The lowest BCUT2D eigenvalue weighted by Crippen LogP contribution is -2.23. The predicted molar refractivity (Wildman–Crippen MR) is 104 cm³/mol. The second kappa shape index (κ2) is 6.81. The molecule has 0 aliphatic heterocycles. The molecular weight excluding hydrogens is 290 g/mol. The van der Waals surface area contributed by atoms with Gasteiger partial charge in [-0.15, -0.1) is 0 Å². The standard InChI is InChI=1S/C23H37N/c1-7-10-11-21-22(15(4)18(8-2)16(5)24-21)19-14-17-12-13-20(19)23(17,6)9-3/h17,19-20H,7-14H2,1-6H3. The first kappa shape index (κ1) is 18.0. The maximum Gasteiger partial charge on any atom is 0.0444 e. The van der Waals surface area contributed by atoms with Crippen molar-refractivity contribution in [2.24, 2.45) is 17.3 Å². The van der Waals surface area contributed by atoms with E-state index in [1.807, 2.05) is 0 Å². The van der Waals surface area contributed by atoms with E-state index in [-0.39, 0.29) is 0 Å². The van der Waals surface area contributed by atoms with Crippen molar-refractivity contribution in [1.29, 1.82) is 0 Å². The van der Waals surface area contributed by atoms with Crippen molar-refractivity contribution < 1.29 is 0 Å². The summed E-state index contributed by atoms with van der Waals surface area (Å²) in [5, 5.41) is 0. The average molecular weight is 328 g/mol. The van der Waals surface area contributed by atoms with Crippen LogP contribution in [0.4, 0.5) is 0 Å². The van der Waals surface area contributed by atoms with Crippen LogP contribution in [0.5, 0.6) is 0 Å². The summed E-state index contributed by atoms with van der Waals surface area (Å²) in [4.78, 5) is 5.14. The maximum absolute atomic E-state index is 5.14. The van der Waals surface area contributed by atoms with Gasteiger partial charge in [0, 0.05) is 11.4 Å². The van der Waals surface area contributed by atoms with E-state index in [0.717, 1.165) is 24.2 Å². The maximum atomic E-state index is 5.14. The molecule has 4 atom stereocenters. The fourth-order valence-corrected chi connectivity index (χ4v) is 6.26. The minimum Gasteiger partial charge on any atom is -0.258 e. The van der Waals surface area contributed by atoms with Gasteiger partial charge < -0.3 is 0 Å². The summed E-state index contributed by atoms with van der Waals surface area (Å²) < 4.78 is 0. The first-order valence-electron chi connectivity index (χ1n) is 10.5. The summed E-state index contributed by atoms with van der Waals surface area (Å²) in [5.74, 6) is 2.61. The fourth-order valence-electron chi connectivity index (χ4n) is 6.26. The van der Waals surface area contributed by atoms with Gasteiger partial charge in [-0.25, -0.2) is 0 Å². The van der Waals surface area contributed by atoms with Crippen molar-refractivity contribution in [3.8, 4) is 0 Å². The van der Waals surface area contributed by atoms with E-state index in [1.54, 1.807) is 11.1 Å². The molecule has 0 spiro atoms. The van der Waals surface area contributed by atoms with Crippen LogP contribution in [0.25, 0.3) is 0 Å². The zero-order valence-corrected chi connectivity index (χ0v) is 16.8. The molecular formula is C23H37N. The van der Waals surface area contributed by atoms with Crippen LogP contribution in [0.2, 0.25) is 0 Å². The number of pyridine rings is 1. The van der Waals surface area contributed by atoms with Gasteiger partial charge in [0.1, 0.15) is 0 Å². The molecule has 1 aromatic heterocycles. The Balaban J connectivity index is 2.06. The highest BCUT2D eigenvalue weighted by Crippen LogP contribution is 2.65. The minimum absolute atomic E-state index is 0.580. The van der Waals surface area contributed by atoms with Crippen LogP contribution < -0.4 is 0 Å². The summed E-state index contributed by atoms with van der Waals surface area (Å²) in [6.07, 6.45) is 10.5. The van der Waals surface area contributed by atoms with Crippen LogP contribution >= 0.6 is 0 Å². The molecule has 0 N–H and O–H groups in total. The van der Waals surface area contributed by atoms with E-state index in [4.69, 9.17) is 4.98 Å². The number of aryl methyl sites for hydroxylation is 2. The Morgan fingerprint density at radius 1 is 1.12 bits per heavy atom. The normalized spacial score (nSPS) is 31.8. The lowest BCUT2D eigenvalue weighted by molar-refractivity contribution is 0.210. The fraction of sp³-hybridized carbons (Fsp3) is 0.783.